The van der Waals surface area contributed by atoms with Gasteiger partial charge in [-0.15, -0.1) is 0 Å². The van der Waals surface area contributed by atoms with E-state index >= 15 is 0 Å². The van der Waals surface area contributed by atoms with Gasteiger partial charge in [0.1, 0.15) is 11.2 Å². The molecule has 0 amide bonds. The summed E-state index contributed by atoms with van der Waals surface area (Å²) in [5, 5.41) is 6.17. The largest absolute Gasteiger partial charge is 0.464 e. The summed E-state index contributed by atoms with van der Waals surface area (Å²) in [4.78, 5) is 2.38. The first-order chi connectivity index (χ1) is 12.8. The third-order valence-electron chi connectivity index (χ3n) is 5.41. The molecule has 132 valence electrons. The number of likely N-dealkylation sites (N-methyl/N-ethyl adjacent to an activating group) is 1. The van der Waals surface area contributed by atoms with E-state index in [1.807, 2.05) is 12.1 Å². The fraction of sp³-hybridized carbons (Fsp3) is 0.273. The SMILES string of the molecule is CN1CCC(NC(c2ccc3occc3c2)c2ccc3occc3c2)C1. The van der Waals surface area contributed by atoms with Crippen molar-refractivity contribution in [1.29, 1.82) is 0 Å². The highest BCUT2D eigenvalue weighted by molar-refractivity contribution is 5.79. The van der Waals surface area contributed by atoms with Crippen molar-refractivity contribution in [2.75, 3.05) is 20.1 Å². The molecule has 4 heteroatoms. The number of nitrogens with zero attached hydrogens (tertiary/aromatic N) is 1. The Morgan fingerprint density at radius 2 is 1.54 bits per heavy atom. The second-order valence-corrected chi connectivity index (χ2v) is 7.28. The van der Waals surface area contributed by atoms with Gasteiger partial charge in [0.15, 0.2) is 0 Å². The number of likely N-dealkylation sites (tertiary alicyclic amines) is 1. The number of fused-ring (bicyclic) bond motifs is 2. The number of rotatable bonds is 4. The molecule has 0 aliphatic carbocycles. The Bertz CT molecular complexity index is 974. The highest BCUT2D eigenvalue weighted by atomic mass is 16.3. The van der Waals surface area contributed by atoms with Gasteiger partial charge in [0.2, 0.25) is 0 Å². The van der Waals surface area contributed by atoms with Gasteiger partial charge in [-0.25, -0.2) is 0 Å². The minimum Gasteiger partial charge on any atom is -0.464 e. The molecule has 3 heterocycles. The molecule has 1 saturated heterocycles. The van der Waals surface area contributed by atoms with Gasteiger partial charge >= 0.3 is 0 Å². The predicted molar refractivity (Wildman–Crippen MR) is 103 cm³/mol. The maximum atomic E-state index is 5.51. The van der Waals surface area contributed by atoms with Gasteiger partial charge in [-0.3, -0.25) is 0 Å². The van der Waals surface area contributed by atoms with Crippen LogP contribution in [0.1, 0.15) is 23.6 Å². The van der Waals surface area contributed by atoms with Gasteiger partial charge in [-0.2, -0.15) is 0 Å². The van der Waals surface area contributed by atoms with E-state index in [1.165, 1.54) is 17.5 Å². The number of hydrogen-bond donors (Lipinski definition) is 1. The van der Waals surface area contributed by atoms with E-state index in [9.17, 15) is 0 Å². The lowest BCUT2D eigenvalue weighted by Crippen LogP contribution is -2.35. The quantitative estimate of drug-likeness (QED) is 0.588. The first-order valence-electron chi connectivity index (χ1n) is 9.15. The van der Waals surface area contributed by atoms with Crippen LogP contribution in [-0.2, 0) is 0 Å². The first-order valence-corrected chi connectivity index (χ1v) is 9.15. The lowest BCUT2D eigenvalue weighted by atomic mass is 9.95. The van der Waals surface area contributed by atoms with Gasteiger partial charge in [0.25, 0.3) is 0 Å². The molecular formula is C22H22N2O2. The number of furan rings is 2. The molecule has 26 heavy (non-hydrogen) atoms. The van der Waals surface area contributed by atoms with E-state index in [0.29, 0.717) is 6.04 Å². The summed E-state index contributed by atoms with van der Waals surface area (Å²) in [7, 11) is 2.19. The molecule has 2 aromatic heterocycles. The van der Waals surface area contributed by atoms with Gasteiger partial charge in [0, 0.05) is 23.4 Å². The van der Waals surface area contributed by atoms with Crippen LogP contribution in [0.3, 0.4) is 0 Å². The molecule has 1 aliphatic heterocycles. The smallest absolute Gasteiger partial charge is 0.133 e. The Morgan fingerprint density at radius 3 is 2.08 bits per heavy atom. The first kappa shape index (κ1) is 15.7. The second kappa shape index (κ2) is 6.31. The number of benzene rings is 2. The summed E-state index contributed by atoms with van der Waals surface area (Å²) in [5.41, 5.74) is 4.38. The third-order valence-corrected chi connectivity index (χ3v) is 5.41. The maximum Gasteiger partial charge on any atom is 0.133 e. The predicted octanol–water partition coefficient (Wildman–Crippen LogP) is 4.56. The van der Waals surface area contributed by atoms with E-state index in [4.69, 9.17) is 8.83 Å². The molecule has 1 fully saturated rings. The molecular weight excluding hydrogens is 324 g/mol. The van der Waals surface area contributed by atoms with Crippen LogP contribution in [0.2, 0.25) is 0 Å². The standard InChI is InChI=1S/C22H22N2O2/c1-24-9-6-19(14-24)23-22(17-2-4-20-15(12-17)7-10-25-20)18-3-5-21-16(13-18)8-11-26-21/h2-5,7-8,10-13,19,22-23H,6,9,14H2,1H3. The van der Waals surface area contributed by atoms with Crippen molar-refractivity contribution in [3.8, 4) is 0 Å². The van der Waals surface area contributed by atoms with Crippen molar-refractivity contribution in [2.24, 2.45) is 0 Å². The van der Waals surface area contributed by atoms with Gasteiger partial charge < -0.3 is 19.1 Å². The molecule has 1 unspecified atom stereocenters. The van der Waals surface area contributed by atoms with Crippen LogP contribution in [0.5, 0.6) is 0 Å². The Balaban J connectivity index is 1.56. The summed E-state index contributed by atoms with van der Waals surface area (Å²) in [6, 6.07) is 17.6. The lowest BCUT2D eigenvalue weighted by Gasteiger charge is -2.24. The normalized spacial score (nSPS) is 18.5. The molecule has 1 atom stereocenters. The van der Waals surface area contributed by atoms with E-state index in [0.717, 1.165) is 35.0 Å². The van der Waals surface area contributed by atoms with Gasteiger partial charge in [-0.1, -0.05) is 12.1 Å². The average molecular weight is 346 g/mol. The van der Waals surface area contributed by atoms with E-state index in [2.05, 4.69) is 53.7 Å². The zero-order valence-electron chi connectivity index (χ0n) is 14.8. The summed E-state index contributed by atoms with van der Waals surface area (Å²) in [6.45, 7) is 2.23. The van der Waals surface area contributed by atoms with E-state index < -0.39 is 0 Å². The van der Waals surface area contributed by atoms with Crippen molar-refractivity contribution in [3.05, 3.63) is 72.2 Å². The fourth-order valence-corrected chi connectivity index (χ4v) is 4.02. The fourth-order valence-electron chi connectivity index (χ4n) is 4.02. The summed E-state index contributed by atoms with van der Waals surface area (Å²) in [6.07, 6.45) is 4.68. The molecule has 4 nitrogen and oxygen atoms in total. The van der Waals surface area contributed by atoms with Crippen LogP contribution >= 0.6 is 0 Å². The number of hydrogen-bond acceptors (Lipinski definition) is 4. The van der Waals surface area contributed by atoms with Crippen LogP contribution < -0.4 is 5.32 Å². The van der Waals surface area contributed by atoms with E-state index in [1.54, 1.807) is 12.5 Å². The van der Waals surface area contributed by atoms with Crippen molar-refractivity contribution < 1.29 is 8.83 Å². The molecule has 0 saturated carbocycles. The Morgan fingerprint density at radius 1 is 0.923 bits per heavy atom. The van der Waals surface area contributed by atoms with Crippen molar-refractivity contribution in [2.45, 2.75) is 18.5 Å². The van der Waals surface area contributed by atoms with Gasteiger partial charge in [-0.05, 0) is 67.5 Å². The Labute approximate surface area is 152 Å². The van der Waals surface area contributed by atoms with Crippen LogP contribution in [-0.4, -0.2) is 31.1 Å². The number of nitrogens with one attached hydrogen (secondary N) is 1. The highest BCUT2D eigenvalue weighted by Crippen LogP contribution is 2.30. The highest BCUT2D eigenvalue weighted by Gasteiger charge is 2.24. The molecule has 1 N–H and O–H groups in total. The van der Waals surface area contributed by atoms with Crippen molar-refractivity contribution in [3.63, 3.8) is 0 Å². The Kier molecular flexibility index (Phi) is 3.80. The third kappa shape index (κ3) is 2.81. The van der Waals surface area contributed by atoms with Crippen molar-refractivity contribution >= 4 is 21.9 Å². The van der Waals surface area contributed by atoms with Crippen molar-refractivity contribution in [1.82, 2.24) is 10.2 Å². The molecule has 5 rings (SSSR count). The monoisotopic (exact) mass is 346 g/mol. The van der Waals surface area contributed by atoms with Crippen LogP contribution in [0.25, 0.3) is 21.9 Å². The summed E-state index contributed by atoms with van der Waals surface area (Å²) in [5.74, 6) is 0. The summed E-state index contributed by atoms with van der Waals surface area (Å²) >= 11 is 0. The minimum atomic E-state index is 0.144. The van der Waals surface area contributed by atoms with Crippen LogP contribution in [0.15, 0.2) is 69.9 Å². The van der Waals surface area contributed by atoms with Crippen LogP contribution in [0.4, 0.5) is 0 Å². The topological polar surface area (TPSA) is 41.5 Å². The van der Waals surface area contributed by atoms with Crippen LogP contribution in [0, 0.1) is 0 Å². The lowest BCUT2D eigenvalue weighted by molar-refractivity contribution is 0.391. The maximum absolute atomic E-state index is 5.51. The zero-order valence-corrected chi connectivity index (χ0v) is 14.8. The zero-order chi connectivity index (χ0) is 17.5. The molecule has 2 aromatic carbocycles. The van der Waals surface area contributed by atoms with Gasteiger partial charge in [0.05, 0.1) is 18.6 Å². The molecule has 1 aliphatic rings. The Hall–Kier alpha value is -2.56. The molecule has 4 aromatic rings. The summed E-state index contributed by atoms with van der Waals surface area (Å²) < 4.78 is 11.0. The molecule has 0 bridgehead atoms. The second-order valence-electron chi connectivity index (χ2n) is 7.28. The molecule has 0 radical (unpaired) electrons. The van der Waals surface area contributed by atoms with E-state index in [-0.39, 0.29) is 6.04 Å². The minimum absolute atomic E-state index is 0.144. The molecule has 0 spiro atoms. The average Bonchev–Trinajstić information content (AvgIpc) is 3.39.